The first-order chi connectivity index (χ1) is 4.29. The Morgan fingerprint density at radius 1 is 1.67 bits per heavy atom. The Kier molecular flexibility index (Phi) is 1.92. The van der Waals surface area contributed by atoms with E-state index < -0.39 is 6.43 Å². The molecule has 0 bridgehead atoms. The first kappa shape index (κ1) is 6.39. The minimum absolute atomic E-state index is 0.198. The zero-order valence-corrected chi connectivity index (χ0v) is 4.85. The van der Waals surface area contributed by atoms with Gasteiger partial charge in [0, 0.05) is 5.71 Å². The molecule has 0 aromatic rings. The molecule has 3 heteroatoms. The summed E-state index contributed by atoms with van der Waals surface area (Å²) in [6, 6.07) is 0. The fraction of sp³-hybridized carbons (Fsp3) is 0.500. The van der Waals surface area contributed by atoms with Crippen LogP contribution in [0.5, 0.6) is 0 Å². The Balaban J connectivity index is 2.35. The largest absolute Gasteiger partial charge is 0.285 e. The molecule has 0 aromatic carbocycles. The normalized spacial score (nSPS) is 17.0. The zero-order chi connectivity index (χ0) is 6.69. The Labute approximate surface area is 52.1 Å². The van der Waals surface area contributed by atoms with Crippen LogP contribution in [0.3, 0.4) is 0 Å². The zero-order valence-electron chi connectivity index (χ0n) is 4.85. The van der Waals surface area contributed by atoms with Gasteiger partial charge in [-0.3, -0.25) is 4.99 Å². The minimum Gasteiger partial charge on any atom is -0.285 e. The highest BCUT2D eigenvalue weighted by atomic mass is 19.3. The first-order valence-electron chi connectivity index (χ1n) is 2.77. The predicted molar refractivity (Wildman–Crippen MR) is 32.1 cm³/mol. The fourth-order valence-electron chi connectivity index (χ4n) is 0.702. The van der Waals surface area contributed by atoms with Gasteiger partial charge in [0.2, 0.25) is 6.43 Å². The van der Waals surface area contributed by atoms with E-state index in [0.717, 1.165) is 0 Å². The molecule has 1 aliphatic heterocycles. The summed E-state index contributed by atoms with van der Waals surface area (Å²) in [5.41, 5.74) is 0.519. The maximum absolute atomic E-state index is 11.6. The summed E-state index contributed by atoms with van der Waals surface area (Å²) in [5.74, 6) is 0. The summed E-state index contributed by atoms with van der Waals surface area (Å²) in [6.45, 7) is 0.571. The van der Waals surface area contributed by atoms with E-state index in [9.17, 15) is 8.78 Å². The Hall–Kier alpha value is -0.730. The van der Waals surface area contributed by atoms with E-state index >= 15 is 0 Å². The van der Waals surface area contributed by atoms with Crippen molar-refractivity contribution in [1.29, 1.82) is 0 Å². The van der Waals surface area contributed by atoms with Crippen LogP contribution in [-0.4, -0.2) is 18.7 Å². The Bertz CT molecular complexity index is 149. The van der Waals surface area contributed by atoms with Crippen molar-refractivity contribution in [2.24, 2.45) is 4.99 Å². The van der Waals surface area contributed by atoms with E-state index in [0.29, 0.717) is 12.3 Å². The number of rotatable bonds is 2. The molecule has 50 valence electrons. The lowest BCUT2D eigenvalue weighted by atomic mass is 10.3. The van der Waals surface area contributed by atoms with Gasteiger partial charge in [-0.1, -0.05) is 6.08 Å². The van der Waals surface area contributed by atoms with Gasteiger partial charge in [-0.2, -0.15) is 0 Å². The topological polar surface area (TPSA) is 12.4 Å². The molecule has 0 radical (unpaired) electrons. The van der Waals surface area contributed by atoms with Crippen molar-refractivity contribution in [3.05, 3.63) is 12.2 Å². The molecule has 0 aromatic heterocycles. The maximum Gasteiger partial charge on any atom is 0.244 e. The third kappa shape index (κ3) is 1.91. The summed E-state index contributed by atoms with van der Waals surface area (Å²) in [4.78, 5) is 3.80. The van der Waals surface area contributed by atoms with Crippen LogP contribution >= 0.6 is 0 Å². The number of alkyl halides is 2. The SMILES string of the molecule is FC(F)CC1=NCC=C1. The van der Waals surface area contributed by atoms with Crippen LogP contribution in [0.1, 0.15) is 6.42 Å². The van der Waals surface area contributed by atoms with Crippen molar-refractivity contribution >= 4 is 5.71 Å². The molecule has 1 rings (SSSR count). The predicted octanol–water partition coefficient (Wildman–Crippen LogP) is 1.65. The Morgan fingerprint density at radius 2 is 2.44 bits per heavy atom. The highest BCUT2D eigenvalue weighted by Crippen LogP contribution is 2.05. The molecule has 0 saturated carbocycles. The molecule has 0 unspecified atom stereocenters. The Morgan fingerprint density at radius 3 is 2.89 bits per heavy atom. The molecule has 0 saturated heterocycles. The maximum atomic E-state index is 11.6. The lowest BCUT2D eigenvalue weighted by Crippen LogP contribution is -1.99. The van der Waals surface area contributed by atoms with Gasteiger partial charge in [-0.05, 0) is 6.08 Å². The molecule has 9 heavy (non-hydrogen) atoms. The van der Waals surface area contributed by atoms with Crippen molar-refractivity contribution in [3.63, 3.8) is 0 Å². The van der Waals surface area contributed by atoms with Crippen LogP contribution < -0.4 is 0 Å². The summed E-state index contributed by atoms with van der Waals surface area (Å²) in [7, 11) is 0. The highest BCUT2D eigenvalue weighted by Gasteiger charge is 2.07. The van der Waals surface area contributed by atoms with Crippen LogP contribution in [-0.2, 0) is 0 Å². The van der Waals surface area contributed by atoms with E-state index in [-0.39, 0.29) is 6.42 Å². The molecule has 1 nitrogen and oxygen atoms in total. The van der Waals surface area contributed by atoms with Crippen LogP contribution in [0.2, 0.25) is 0 Å². The van der Waals surface area contributed by atoms with Crippen LogP contribution in [0.15, 0.2) is 17.1 Å². The molecule has 0 amide bonds. The van der Waals surface area contributed by atoms with Gasteiger partial charge in [0.05, 0.1) is 13.0 Å². The van der Waals surface area contributed by atoms with Crippen molar-refractivity contribution in [3.8, 4) is 0 Å². The quantitative estimate of drug-likeness (QED) is 0.540. The number of allylic oxidation sites excluding steroid dienone is 1. The van der Waals surface area contributed by atoms with E-state index in [4.69, 9.17) is 0 Å². The molecule has 0 spiro atoms. The van der Waals surface area contributed by atoms with E-state index in [1.807, 2.05) is 0 Å². The van der Waals surface area contributed by atoms with E-state index in [2.05, 4.69) is 4.99 Å². The number of hydrogen-bond acceptors (Lipinski definition) is 1. The average molecular weight is 131 g/mol. The van der Waals surface area contributed by atoms with E-state index in [1.54, 1.807) is 12.2 Å². The number of nitrogens with zero attached hydrogens (tertiary/aromatic N) is 1. The fourth-order valence-corrected chi connectivity index (χ4v) is 0.702. The summed E-state index contributed by atoms with van der Waals surface area (Å²) >= 11 is 0. The van der Waals surface area contributed by atoms with Gasteiger partial charge in [0.25, 0.3) is 0 Å². The number of halogens is 2. The average Bonchev–Trinajstić information content (AvgIpc) is 2.15. The lowest BCUT2D eigenvalue weighted by molar-refractivity contribution is 0.158. The standard InChI is InChI=1S/C6H7F2N/c7-6(8)4-5-2-1-3-9-5/h1-2,6H,3-4H2. The molecule has 0 N–H and O–H groups in total. The molecule has 0 atom stereocenters. The summed E-state index contributed by atoms with van der Waals surface area (Å²) in [6.07, 6.45) is 0.965. The number of hydrogen-bond donors (Lipinski definition) is 0. The first-order valence-corrected chi connectivity index (χ1v) is 2.77. The van der Waals surface area contributed by atoms with Crippen LogP contribution in [0.25, 0.3) is 0 Å². The van der Waals surface area contributed by atoms with Gasteiger partial charge < -0.3 is 0 Å². The molecular weight excluding hydrogens is 124 g/mol. The minimum atomic E-state index is -2.26. The third-order valence-electron chi connectivity index (χ3n) is 1.07. The van der Waals surface area contributed by atoms with Crippen molar-refractivity contribution in [2.75, 3.05) is 6.54 Å². The highest BCUT2D eigenvalue weighted by molar-refractivity contribution is 5.96. The second kappa shape index (κ2) is 2.71. The monoisotopic (exact) mass is 131 g/mol. The van der Waals surface area contributed by atoms with Gasteiger partial charge in [0.15, 0.2) is 0 Å². The van der Waals surface area contributed by atoms with E-state index in [1.165, 1.54) is 0 Å². The van der Waals surface area contributed by atoms with Gasteiger partial charge in [-0.25, -0.2) is 8.78 Å². The molecular formula is C6H7F2N. The second-order valence-electron chi connectivity index (χ2n) is 1.83. The second-order valence-corrected chi connectivity index (χ2v) is 1.83. The van der Waals surface area contributed by atoms with Gasteiger partial charge >= 0.3 is 0 Å². The molecule has 0 aliphatic carbocycles. The smallest absolute Gasteiger partial charge is 0.244 e. The van der Waals surface area contributed by atoms with Crippen molar-refractivity contribution in [2.45, 2.75) is 12.8 Å². The lowest BCUT2D eigenvalue weighted by Gasteiger charge is -1.93. The van der Waals surface area contributed by atoms with Crippen LogP contribution in [0.4, 0.5) is 8.78 Å². The van der Waals surface area contributed by atoms with Gasteiger partial charge in [0.1, 0.15) is 0 Å². The van der Waals surface area contributed by atoms with Gasteiger partial charge in [-0.15, -0.1) is 0 Å². The molecule has 1 heterocycles. The summed E-state index contributed by atoms with van der Waals surface area (Å²) < 4.78 is 23.1. The third-order valence-corrected chi connectivity index (χ3v) is 1.07. The van der Waals surface area contributed by atoms with Crippen molar-refractivity contribution < 1.29 is 8.78 Å². The van der Waals surface area contributed by atoms with Crippen LogP contribution in [0, 0.1) is 0 Å². The van der Waals surface area contributed by atoms with Crippen molar-refractivity contribution in [1.82, 2.24) is 0 Å². The molecule has 0 fully saturated rings. The summed E-state index contributed by atoms with van der Waals surface area (Å²) in [5, 5.41) is 0. The molecule has 1 aliphatic rings. The number of aliphatic imine (C=N–C) groups is 1.